The van der Waals surface area contributed by atoms with Gasteiger partial charge in [-0.15, -0.1) is 0 Å². The number of rotatable bonds is 9. The van der Waals surface area contributed by atoms with E-state index in [4.69, 9.17) is 9.84 Å². The van der Waals surface area contributed by atoms with Gasteiger partial charge in [0.2, 0.25) is 0 Å². The number of hydrogen-bond acceptors (Lipinski definition) is 4. The Kier molecular flexibility index (Phi) is 6.65. The highest BCUT2D eigenvalue weighted by Gasteiger charge is 2.32. The first kappa shape index (κ1) is 17.5. The Bertz CT molecular complexity index is 444. The molecule has 0 aliphatic heterocycles. The number of carboxylic acid groups (broad SMARTS) is 1. The summed E-state index contributed by atoms with van der Waals surface area (Å²) in [6, 6.07) is 7.31. The van der Waals surface area contributed by atoms with Crippen LogP contribution in [0.15, 0.2) is 24.3 Å². The van der Waals surface area contributed by atoms with Crippen molar-refractivity contribution in [1.29, 1.82) is 0 Å². The lowest BCUT2D eigenvalue weighted by Gasteiger charge is -2.28. The molecular weight excluding hydrogens is 270 g/mol. The van der Waals surface area contributed by atoms with Gasteiger partial charge in [-0.05, 0) is 51.3 Å². The molecule has 0 saturated carbocycles. The van der Waals surface area contributed by atoms with Crippen LogP contribution in [0.5, 0.6) is 5.75 Å². The Morgan fingerprint density at radius 2 is 1.95 bits per heavy atom. The van der Waals surface area contributed by atoms with Crippen LogP contribution in [0.2, 0.25) is 0 Å². The fourth-order valence-electron chi connectivity index (χ4n) is 2.18. The van der Waals surface area contributed by atoms with Crippen LogP contribution in [0.3, 0.4) is 0 Å². The maximum absolute atomic E-state index is 11.4. The van der Waals surface area contributed by atoms with Crippen LogP contribution in [0, 0.1) is 0 Å². The first-order chi connectivity index (χ1) is 9.87. The van der Waals surface area contributed by atoms with Crippen LogP contribution >= 0.6 is 0 Å². The molecule has 5 nitrogen and oxygen atoms in total. The summed E-state index contributed by atoms with van der Waals surface area (Å²) in [5, 5.41) is 21.4. The summed E-state index contributed by atoms with van der Waals surface area (Å²) in [5.74, 6) is -0.121. The zero-order chi connectivity index (χ0) is 15.9. The van der Waals surface area contributed by atoms with Gasteiger partial charge in [-0.25, -0.2) is 0 Å². The molecule has 0 heterocycles. The molecule has 1 aromatic carbocycles. The molecule has 0 radical (unpaired) electrons. The lowest BCUT2D eigenvalue weighted by Crippen LogP contribution is -2.52. The molecule has 0 fully saturated rings. The molecule has 0 spiro atoms. The number of nitrogens with one attached hydrogen (secondary N) is 1. The fraction of sp³-hybridized carbons (Fsp3) is 0.562. The van der Waals surface area contributed by atoms with Gasteiger partial charge in [-0.2, -0.15) is 0 Å². The summed E-state index contributed by atoms with van der Waals surface area (Å²) in [6.07, 6.45) is 1.14. The third kappa shape index (κ3) is 5.73. The monoisotopic (exact) mass is 295 g/mol. The minimum atomic E-state index is -0.932. The highest BCUT2D eigenvalue weighted by atomic mass is 16.5. The predicted octanol–water partition coefficient (Wildman–Crippen LogP) is 2.18. The van der Waals surface area contributed by atoms with E-state index in [1.807, 2.05) is 13.8 Å². The Balaban J connectivity index is 2.42. The van der Waals surface area contributed by atoms with Crippen LogP contribution in [0.4, 0.5) is 0 Å². The number of aliphatic carboxylic acids is 1. The van der Waals surface area contributed by atoms with Gasteiger partial charge in [0.1, 0.15) is 11.3 Å². The second kappa shape index (κ2) is 8.00. The normalized spacial score (nSPS) is 14.0. The van der Waals surface area contributed by atoms with Gasteiger partial charge in [0.05, 0.1) is 13.2 Å². The lowest BCUT2D eigenvalue weighted by molar-refractivity contribution is -0.144. The van der Waals surface area contributed by atoms with Crippen molar-refractivity contribution in [3.8, 4) is 5.75 Å². The standard InChI is InChI=1S/C16H25NO4/c1-12(2)17-16(3,15(19)20)9-4-10-21-14-7-5-13(11-18)6-8-14/h5-8,12,17-18H,4,9-11H2,1-3H3,(H,19,20). The van der Waals surface area contributed by atoms with E-state index < -0.39 is 11.5 Å². The summed E-state index contributed by atoms with van der Waals surface area (Å²) in [7, 11) is 0. The van der Waals surface area contributed by atoms with Crippen molar-refractivity contribution < 1.29 is 19.7 Å². The zero-order valence-electron chi connectivity index (χ0n) is 12.9. The molecule has 1 unspecified atom stereocenters. The van der Waals surface area contributed by atoms with E-state index in [2.05, 4.69) is 5.32 Å². The topological polar surface area (TPSA) is 78.8 Å². The molecule has 0 saturated heterocycles. The Labute approximate surface area is 125 Å². The van der Waals surface area contributed by atoms with Crippen molar-refractivity contribution in [2.24, 2.45) is 0 Å². The fourth-order valence-corrected chi connectivity index (χ4v) is 2.18. The molecule has 1 rings (SSSR count). The average Bonchev–Trinajstić information content (AvgIpc) is 2.43. The van der Waals surface area contributed by atoms with E-state index in [1.54, 1.807) is 31.2 Å². The van der Waals surface area contributed by atoms with E-state index in [1.165, 1.54) is 0 Å². The lowest BCUT2D eigenvalue weighted by atomic mass is 9.95. The van der Waals surface area contributed by atoms with Crippen molar-refractivity contribution in [3.63, 3.8) is 0 Å². The molecule has 0 amide bonds. The SMILES string of the molecule is CC(C)NC(C)(CCCOc1ccc(CO)cc1)C(=O)O. The van der Waals surface area contributed by atoms with Crippen molar-refractivity contribution >= 4 is 5.97 Å². The number of benzene rings is 1. The van der Waals surface area contributed by atoms with Gasteiger partial charge in [0, 0.05) is 6.04 Å². The largest absolute Gasteiger partial charge is 0.494 e. The first-order valence-electron chi connectivity index (χ1n) is 7.21. The molecule has 0 bridgehead atoms. The Morgan fingerprint density at radius 1 is 1.33 bits per heavy atom. The van der Waals surface area contributed by atoms with Gasteiger partial charge in [0.15, 0.2) is 0 Å². The van der Waals surface area contributed by atoms with E-state index in [9.17, 15) is 9.90 Å². The maximum Gasteiger partial charge on any atom is 0.323 e. The molecule has 1 atom stereocenters. The highest BCUT2D eigenvalue weighted by Crippen LogP contribution is 2.16. The van der Waals surface area contributed by atoms with E-state index in [0.717, 1.165) is 11.3 Å². The number of aliphatic hydroxyl groups is 1. The van der Waals surface area contributed by atoms with Crippen LogP contribution in [-0.2, 0) is 11.4 Å². The predicted molar refractivity (Wildman–Crippen MR) is 81.4 cm³/mol. The zero-order valence-corrected chi connectivity index (χ0v) is 12.9. The second-order valence-corrected chi connectivity index (χ2v) is 5.69. The van der Waals surface area contributed by atoms with Crippen LogP contribution in [0.1, 0.15) is 39.2 Å². The second-order valence-electron chi connectivity index (χ2n) is 5.69. The van der Waals surface area contributed by atoms with Gasteiger partial charge >= 0.3 is 5.97 Å². The molecular formula is C16H25NO4. The maximum atomic E-state index is 11.4. The minimum absolute atomic E-state index is 0.0120. The summed E-state index contributed by atoms with van der Waals surface area (Å²) < 4.78 is 5.58. The van der Waals surface area contributed by atoms with Gasteiger partial charge in [0.25, 0.3) is 0 Å². The van der Waals surface area contributed by atoms with E-state index in [0.29, 0.717) is 19.4 Å². The van der Waals surface area contributed by atoms with E-state index in [-0.39, 0.29) is 12.6 Å². The average molecular weight is 295 g/mol. The third-order valence-electron chi connectivity index (χ3n) is 3.28. The number of hydrogen-bond donors (Lipinski definition) is 3. The van der Waals surface area contributed by atoms with Gasteiger partial charge in [-0.3, -0.25) is 10.1 Å². The summed E-state index contributed by atoms with van der Waals surface area (Å²) in [5.41, 5.74) is -0.0971. The quantitative estimate of drug-likeness (QED) is 0.609. The van der Waals surface area contributed by atoms with Gasteiger partial charge in [-0.1, -0.05) is 12.1 Å². The Hall–Kier alpha value is -1.59. The van der Waals surface area contributed by atoms with Crippen molar-refractivity contribution in [3.05, 3.63) is 29.8 Å². The van der Waals surface area contributed by atoms with Crippen LogP contribution < -0.4 is 10.1 Å². The molecule has 0 aromatic heterocycles. The molecule has 118 valence electrons. The summed E-state index contributed by atoms with van der Waals surface area (Å²) >= 11 is 0. The third-order valence-corrected chi connectivity index (χ3v) is 3.28. The molecule has 0 aliphatic carbocycles. The summed E-state index contributed by atoms with van der Waals surface area (Å²) in [6.45, 7) is 6.03. The minimum Gasteiger partial charge on any atom is -0.494 e. The molecule has 3 N–H and O–H groups in total. The first-order valence-corrected chi connectivity index (χ1v) is 7.21. The molecule has 5 heteroatoms. The molecule has 21 heavy (non-hydrogen) atoms. The van der Waals surface area contributed by atoms with Crippen molar-refractivity contribution in [1.82, 2.24) is 5.32 Å². The number of aliphatic hydroxyl groups excluding tert-OH is 1. The number of ether oxygens (including phenoxy) is 1. The molecule has 1 aromatic rings. The highest BCUT2D eigenvalue weighted by molar-refractivity contribution is 5.78. The van der Waals surface area contributed by atoms with Crippen molar-refractivity contribution in [2.75, 3.05) is 6.61 Å². The smallest absolute Gasteiger partial charge is 0.323 e. The number of carboxylic acids is 1. The Morgan fingerprint density at radius 3 is 2.43 bits per heavy atom. The van der Waals surface area contributed by atoms with Crippen LogP contribution in [-0.4, -0.2) is 34.4 Å². The van der Waals surface area contributed by atoms with Crippen LogP contribution in [0.25, 0.3) is 0 Å². The number of carbonyl (C=O) groups is 1. The van der Waals surface area contributed by atoms with Gasteiger partial charge < -0.3 is 14.9 Å². The van der Waals surface area contributed by atoms with E-state index >= 15 is 0 Å². The molecule has 0 aliphatic rings. The summed E-state index contributed by atoms with van der Waals surface area (Å²) in [4.78, 5) is 11.4. The van der Waals surface area contributed by atoms with Crippen molar-refractivity contribution in [2.45, 2.75) is 51.8 Å².